The number of amides is 1. The average Bonchev–Trinajstić information content (AvgIpc) is 3.10. The minimum absolute atomic E-state index is 0.0626. The molecule has 1 aliphatic heterocycles. The van der Waals surface area contributed by atoms with Crippen LogP contribution in [0.4, 0.5) is 0 Å². The Hall–Kier alpha value is -2.66. The van der Waals surface area contributed by atoms with Gasteiger partial charge in [0.25, 0.3) is 5.91 Å². The number of carbonyl (C=O) groups is 1. The minimum Gasteiger partial charge on any atom is -0.443 e. The quantitative estimate of drug-likeness (QED) is 0.744. The van der Waals surface area contributed by atoms with Crippen LogP contribution in [0.2, 0.25) is 0 Å². The molecule has 1 aromatic heterocycles. The van der Waals surface area contributed by atoms with Crippen molar-refractivity contribution in [3.8, 4) is 0 Å². The molecule has 1 amide bonds. The fourth-order valence-corrected chi connectivity index (χ4v) is 3.12. The molecule has 1 fully saturated rings. The van der Waals surface area contributed by atoms with Crippen molar-refractivity contribution in [3.63, 3.8) is 0 Å². The fraction of sp³-hybridized carbons (Fsp3) is 0.263. The topological polar surface area (TPSA) is 49.6 Å². The van der Waals surface area contributed by atoms with E-state index in [-0.39, 0.29) is 5.91 Å². The van der Waals surface area contributed by atoms with E-state index in [0.717, 1.165) is 38.2 Å². The van der Waals surface area contributed by atoms with Gasteiger partial charge in [-0.1, -0.05) is 30.3 Å². The molecule has 0 spiro atoms. The number of oxazole rings is 1. The number of rotatable bonds is 3. The number of aromatic nitrogens is 1. The largest absolute Gasteiger partial charge is 0.443 e. The van der Waals surface area contributed by atoms with Crippen LogP contribution < -0.4 is 0 Å². The highest BCUT2D eigenvalue weighted by Gasteiger charge is 2.22. The first-order chi connectivity index (χ1) is 11.8. The molecule has 0 radical (unpaired) electrons. The van der Waals surface area contributed by atoms with E-state index in [1.807, 2.05) is 23.1 Å². The highest BCUT2D eigenvalue weighted by Crippen LogP contribution is 2.17. The summed E-state index contributed by atoms with van der Waals surface area (Å²) in [7, 11) is 0. The Morgan fingerprint density at radius 2 is 1.83 bits per heavy atom. The van der Waals surface area contributed by atoms with Gasteiger partial charge in [0.15, 0.2) is 12.0 Å². The molecule has 5 nitrogen and oxygen atoms in total. The summed E-state index contributed by atoms with van der Waals surface area (Å²) >= 11 is 0. The van der Waals surface area contributed by atoms with Gasteiger partial charge in [-0.2, -0.15) is 0 Å². The number of piperazine rings is 1. The maximum Gasteiger partial charge on any atom is 0.254 e. The Morgan fingerprint density at radius 3 is 2.62 bits per heavy atom. The maximum absolute atomic E-state index is 12.7. The third-order valence-corrected chi connectivity index (χ3v) is 4.49. The number of carbonyl (C=O) groups excluding carboxylic acids is 1. The third kappa shape index (κ3) is 3.03. The van der Waals surface area contributed by atoms with Crippen molar-refractivity contribution in [2.45, 2.75) is 6.54 Å². The summed E-state index contributed by atoms with van der Waals surface area (Å²) in [6, 6.07) is 15.9. The van der Waals surface area contributed by atoms with Crippen molar-refractivity contribution < 1.29 is 9.21 Å². The summed E-state index contributed by atoms with van der Waals surface area (Å²) in [5.41, 5.74) is 3.41. The van der Waals surface area contributed by atoms with E-state index >= 15 is 0 Å². The Kier molecular flexibility index (Phi) is 4.01. The van der Waals surface area contributed by atoms with Gasteiger partial charge < -0.3 is 9.32 Å². The van der Waals surface area contributed by atoms with Gasteiger partial charge in [0.1, 0.15) is 5.52 Å². The molecule has 0 saturated carbocycles. The Bertz CT molecular complexity index is 836. The number of benzene rings is 2. The molecule has 1 aliphatic rings. The second kappa shape index (κ2) is 6.45. The molecule has 0 bridgehead atoms. The summed E-state index contributed by atoms with van der Waals surface area (Å²) in [5.74, 6) is 0.0626. The zero-order chi connectivity index (χ0) is 16.4. The van der Waals surface area contributed by atoms with Crippen molar-refractivity contribution in [2.75, 3.05) is 26.2 Å². The molecule has 2 aromatic carbocycles. The predicted molar refractivity (Wildman–Crippen MR) is 91.6 cm³/mol. The van der Waals surface area contributed by atoms with E-state index in [1.54, 1.807) is 6.07 Å². The van der Waals surface area contributed by atoms with Gasteiger partial charge in [-0.3, -0.25) is 9.69 Å². The summed E-state index contributed by atoms with van der Waals surface area (Å²) in [6.07, 6.45) is 1.40. The van der Waals surface area contributed by atoms with Crippen molar-refractivity contribution in [3.05, 3.63) is 66.1 Å². The number of hydrogen-bond acceptors (Lipinski definition) is 4. The fourth-order valence-electron chi connectivity index (χ4n) is 3.12. The molecular formula is C19H19N3O2. The lowest BCUT2D eigenvalue weighted by atomic mass is 10.1. The molecule has 4 rings (SSSR count). The van der Waals surface area contributed by atoms with E-state index < -0.39 is 0 Å². The van der Waals surface area contributed by atoms with Gasteiger partial charge in [-0.25, -0.2) is 4.98 Å². The molecule has 122 valence electrons. The van der Waals surface area contributed by atoms with Crippen LogP contribution in [0.1, 0.15) is 15.9 Å². The van der Waals surface area contributed by atoms with Gasteiger partial charge in [-0.15, -0.1) is 0 Å². The number of nitrogens with zero attached hydrogens (tertiary/aromatic N) is 3. The Balaban J connectivity index is 1.39. The van der Waals surface area contributed by atoms with Crippen LogP contribution in [0.25, 0.3) is 11.1 Å². The van der Waals surface area contributed by atoms with E-state index in [9.17, 15) is 4.79 Å². The van der Waals surface area contributed by atoms with Crippen LogP contribution >= 0.6 is 0 Å². The van der Waals surface area contributed by atoms with Gasteiger partial charge in [0.2, 0.25) is 0 Å². The molecule has 2 heterocycles. The second-order valence-electron chi connectivity index (χ2n) is 6.09. The van der Waals surface area contributed by atoms with Crippen molar-refractivity contribution in [1.82, 2.24) is 14.8 Å². The molecule has 5 heteroatoms. The van der Waals surface area contributed by atoms with Crippen molar-refractivity contribution in [1.29, 1.82) is 0 Å². The monoisotopic (exact) mass is 321 g/mol. The molecule has 0 atom stereocenters. The first-order valence-electron chi connectivity index (χ1n) is 8.18. The van der Waals surface area contributed by atoms with Crippen LogP contribution in [0.5, 0.6) is 0 Å². The highest BCUT2D eigenvalue weighted by molar-refractivity contribution is 5.97. The lowest BCUT2D eigenvalue weighted by Crippen LogP contribution is -2.48. The van der Waals surface area contributed by atoms with E-state index in [2.05, 4.69) is 34.1 Å². The summed E-state index contributed by atoms with van der Waals surface area (Å²) in [4.78, 5) is 21.1. The number of hydrogen-bond donors (Lipinski definition) is 0. The third-order valence-electron chi connectivity index (χ3n) is 4.49. The summed E-state index contributed by atoms with van der Waals surface area (Å²) in [6.45, 7) is 4.23. The van der Waals surface area contributed by atoms with Crippen LogP contribution in [0.15, 0.2) is 59.3 Å². The maximum atomic E-state index is 12.7. The number of fused-ring (bicyclic) bond motifs is 1. The second-order valence-corrected chi connectivity index (χ2v) is 6.09. The van der Waals surface area contributed by atoms with Crippen molar-refractivity contribution >= 4 is 17.0 Å². The van der Waals surface area contributed by atoms with Gasteiger partial charge in [-0.05, 0) is 23.8 Å². The molecular weight excluding hydrogens is 302 g/mol. The standard InChI is InChI=1S/C19H19N3O2/c23-19(16-6-7-17-18(12-16)24-14-20-17)22-10-8-21(9-11-22)13-15-4-2-1-3-5-15/h1-7,12,14H,8-11,13H2. The minimum atomic E-state index is 0.0626. The van der Waals surface area contributed by atoms with Crippen LogP contribution in [-0.4, -0.2) is 46.9 Å². The first-order valence-corrected chi connectivity index (χ1v) is 8.18. The zero-order valence-corrected chi connectivity index (χ0v) is 13.4. The first kappa shape index (κ1) is 14.9. The van der Waals surface area contributed by atoms with E-state index in [1.165, 1.54) is 12.0 Å². The van der Waals surface area contributed by atoms with Crippen LogP contribution in [-0.2, 0) is 6.54 Å². The zero-order valence-electron chi connectivity index (χ0n) is 13.4. The SMILES string of the molecule is O=C(c1ccc2ncoc2c1)N1CCN(Cc2ccccc2)CC1. The Morgan fingerprint density at radius 1 is 1.04 bits per heavy atom. The molecule has 0 unspecified atom stereocenters. The molecule has 0 aliphatic carbocycles. The molecule has 24 heavy (non-hydrogen) atoms. The van der Waals surface area contributed by atoms with Crippen molar-refractivity contribution in [2.24, 2.45) is 0 Å². The summed E-state index contributed by atoms with van der Waals surface area (Å²) in [5, 5.41) is 0. The van der Waals surface area contributed by atoms with Gasteiger partial charge in [0.05, 0.1) is 0 Å². The lowest BCUT2D eigenvalue weighted by Gasteiger charge is -2.34. The molecule has 0 N–H and O–H groups in total. The smallest absolute Gasteiger partial charge is 0.254 e. The van der Waals surface area contributed by atoms with Crippen LogP contribution in [0, 0.1) is 0 Å². The lowest BCUT2D eigenvalue weighted by molar-refractivity contribution is 0.0628. The molecule has 1 saturated heterocycles. The van der Waals surface area contributed by atoms with Gasteiger partial charge in [0, 0.05) is 38.3 Å². The average molecular weight is 321 g/mol. The van der Waals surface area contributed by atoms with Crippen LogP contribution in [0.3, 0.4) is 0 Å². The predicted octanol–water partition coefficient (Wildman–Crippen LogP) is 2.79. The molecule has 3 aromatic rings. The van der Waals surface area contributed by atoms with E-state index in [0.29, 0.717) is 11.1 Å². The Labute approximate surface area is 140 Å². The summed E-state index contributed by atoms with van der Waals surface area (Å²) < 4.78 is 5.29. The van der Waals surface area contributed by atoms with E-state index in [4.69, 9.17) is 4.42 Å². The highest BCUT2D eigenvalue weighted by atomic mass is 16.3. The normalized spacial score (nSPS) is 15.8. The van der Waals surface area contributed by atoms with Gasteiger partial charge >= 0.3 is 0 Å².